The van der Waals surface area contributed by atoms with E-state index in [-0.39, 0.29) is 5.54 Å². The third kappa shape index (κ3) is 1.93. The normalized spacial score (nSPS) is 22.4. The van der Waals surface area contributed by atoms with Crippen LogP contribution in [0.25, 0.3) is 0 Å². The van der Waals surface area contributed by atoms with Gasteiger partial charge in [0.15, 0.2) is 0 Å². The van der Waals surface area contributed by atoms with Gasteiger partial charge in [0.1, 0.15) is 11.4 Å². The highest BCUT2D eigenvalue weighted by Gasteiger charge is 2.43. The van der Waals surface area contributed by atoms with Gasteiger partial charge in [0.05, 0.1) is 0 Å². The van der Waals surface area contributed by atoms with Crippen LogP contribution in [-0.4, -0.2) is 18.4 Å². The number of hydrogen-bond acceptors (Lipinski definition) is 3. The van der Waals surface area contributed by atoms with E-state index in [1.807, 2.05) is 25.2 Å². The zero-order chi connectivity index (χ0) is 15.2. The molecule has 0 radical (unpaired) electrons. The third-order valence-corrected chi connectivity index (χ3v) is 4.66. The topological polar surface area (TPSA) is 36.4 Å². The minimum Gasteiger partial charge on any atom is -0.388 e. The fraction of sp³-hybridized carbons (Fsp3) is 0.211. The smallest absolute Gasteiger partial charge is 0.133 e. The zero-order valence-corrected chi connectivity index (χ0v) is 12.7. The van der Waals surface area contributed by atoms with Crippen molar-refractivity contribution in [1.82, 2.24) is 5.32 Å². The quantitative estimate of drug-likeness (QED) is 0.891. The van der Waals surface area contributed by atoms with E-state index < -0.39 is 0 Å². The van der Waals surface area contributed by atoms with Gasteiger partial charge >= 0.3 is 0 Å². The highest BCUT2D eigenvalue weighted by molar-refractivity contribution is 6.02. The summed E-state index contributed by atoms with van der Waals surface area (Å²) in [5, 5.41) is 6.61. The maximum atomic E-state index is 5.03. The highest BCUT2D eigenvalue weighted by atomic mass is 15.1. The summed E-state index contributed by atoms with van der Waals surface area (Å²) in [6.45, 7) is 4.25. The molecule has 3 heteroatoms. The highest BCUT2D eigenvalue weighted by Crippen LogP contribution is 2.40. The van der Waals surface area contributed by atoms with E-state index >= 15 is 0 Å². The lowest BCUT2D eigenvalue weighted by Crippen LogP contribution is -2.30. The van der Waals surface area contributed by atoms with E-state index in [9.17, 15) is 0 Å². The lowest BCUT2D eigenvalue weighted by Gasteiger charge is -2.19. The van der Waals surface area contributed by atoms with Gasteiger partial charge in [0.2, 0.25) is 0 Å². The van der Waals surface area contributed by atoms with Crippen LogP contribution >= 0.6 is 0 Å². The van der Waals surface area contributed by atoms with Crippen molar-refractivity contribution < 1.29 is 0 Å². The average molecular weight is 289 g/mol. The van der Waals surface area contributed by atoms with E-state index in [0.717, 1.165) is 35.6 Å². The molecule has 1 heterocycles. The molecule has 2 aromatic rings. The van der Waals surface area contributed by atoms with Gasteiger partial charge < -0.3 is 10.6 Å². The van der Waals surface area contributed by atoms with Crippen molar-refractivity contribution in [3.05, 3.63) is 77.5 Å². The van der Waals surface area contributed by atoms with Crippen LogP contribution in [-0.2, 0) is 12.8 Å². The molecule has 1 aliphatic heterocycles. The van der Waals surface area contributed by atoms with Gasteiger partial charge in [-0.3, -0.25) is 4.99 Å². The Bertz CT molecular complexity index is 777. The fourth-order valence-electron chi connectivity index (χ4n) is 3.40. The van der Waals surface area contributed by atoms with Crippen LogP contribution in [0.15, 0.2) is 65.8 Å². The Morgan fingerprint density at radius 1 is 1.09 bits per heavy atom. The van der Waals surface area contributed by atoms with Gasteiger partial charge in [0.25, 0.3) is 0 Å². The van der Waals surface area contributed by atoms with Gasteiger partial charge in [0, 0.05) is 36.8 Å². The van der Waals surface area contributed by atoms with Gasteiger partial charge in [-0.15, -0.1) is 0 Å². The van der Waals surface area contributed by atoms with Crippen molar-refractivity contribution in [1.29, 1.82) is 0 Å². The van der Waals surface area contributed by atoms with Crippen molar-refractivity contribution in [2.24, 2.45) is 4.99 Å². The molecule has 3 nitrogen and oxygen atoms in total. The van der Waals surface area contributed by atoms with Crippen molar-refractivity contribution in [3.8, 4) is 0 Å². The summed E-state index contributed by atoms with van der Waals surface area (Å²) in [6, 6.07) is 16.8. The van der Waals surface area contributed by atoms with E-state index in [2.05, 4.69) is 47.5 Å². The third-order valence-electron chi connectivity index (χ3n) is 4.66. The number of benzene rings is 2. The van der Waals surface area contributed by atoms with Crippen molar-refractivity contribution in [2.75, 3.05) is 12.4 Å². The SMILES string of the molecule is C=C1NC(c2ccccc2)=NC12Cc1ccc(NC)cc1C2. The number of rotatable bonds is 2. The summed E-state index contributed by atoms with van der Waals surface area (Å²) >= 11 is 0. The molecule has 1 unspecified atom stereocenters. The van der Waals surface area contributed by atoms with Gasteiger partial charge in [-0.05, 0) is 23.3 Å². The summed E-state index contributed by atoms with van der Waals surface area (Å²) in [5.74, 6) is 0.937. The first-order valence-electron chi connectivity index (χ1n) is 7.61. The molecule has 1 aliphatic carbocycles. The summed E-state index contributed by atoms with van der Waals surface area (Å²) in [7, 11) is 1.95. The Kier molecular flexibility index (Phi) is 2.83. The molecule has 0 saturated heterocycles. The Balaban J connectivity index is 1.71. The van der Waals surface area contributed by atoms with E-state index in [4.69, 9.17) is 4.99 Å². The van der Waals surface area contributed by atoms with Gasteiger partial charge in [-0.2, -0.15) is 0 Å². The number of aliphatic imine (C=N–C) groups is 1. The second kappa shape index (κ2) is 4.73. The van der Waals surface area contributed by atoms with Crippen LogP contribution in [0, 0.1) is 0 Å². The molecule has 2 aliphatic rings. The molecule has 1 atom stereocenters. The summed E-state index contributed by atoms with van der Waals surface area (Å²) in [5.41, 5.74) is 5.80. The Morgan fingerprint density at radius 3 is 2.64 bits per heavy atom. The van der Waals surface area contributed by atoms with Crippen LogP contribution in [0.5, 0.6) is 0 Å². The fourth-order valence-corrected chi connectivity index (χ4v) is 3.40. The van der Waals surface area contributed by atoms with Crippen molar-refractivity contribution in [3.63, 3.8) is 0 Å². The van der Waals surface area contributed by atoms with Crippen LogP contribution < -0.4 is 10.6 Å². The second-order valence-corrected chi connectivity index (χ2v) is 6.05. The minimum absolute atomic E-state index is 0.222. The Hall–Kier alpha value is -2.55. The molecule has 110 valence electrons. The zero-order valence-electron chi connectivity index (χ0n) is 12.7. The number of anilines is 1. The number of fused-ring (bicyclic) bond motifs is 1. The molecule has 2 N–H and O–H groups in total. The maximum Gasteiger partial charge on any atom is 0.133 e. The monoisotopic (exact) mass is 289 g/mol. The minimum atomic E-state index is -0.222. The van der Waals surface area contributed by atoms with Gasteiger partial charge in [-0.1, -0.05) is 43.0 Å². The molecular formula is C19H19N3. The molecule has 0 aromatic heterocycles. The number of nitrogens with zero attached hydrogens (tertiary/aromatic N) is 1. The molecule has 4 rings (SSSR count). The predicted octanol–water partition coefficient (Wildman–Crippen LogP) is 3.13. The van der Waals surface area contributed by atoms with Crippen molar-refractivity contribution >= 4 is 11.5 Å². The molecule has 0 bridgehead atoms. The van der Waals surface area contributed by atoms with Crippen molar-refractivity contribution in [2.45, 2.75) is 18.4 Å². The average Bonchev–Trinajstić information content (AvgIpc) is 3.08. The van der Waals surface area contributed by atoms with Gasteiger partial charge in [-0.25, -0.2) is 0 Å². The van der Waals surface area contributed by atoms with Crippen LogP contribution in [0.3, 0.4) is 0 Å². The first kappa shape index (κ1) is 13.1. The number of nitrogens with one attached hydrogen (secondary N) is 2. The standard InChI is InChI=1S/C19H19N3/c1-13-19(22-18(21-13)14-6-4-3-5-7-14)11-15-8-9-17(20-2)10-16(15)12-19/h3-10,20H,1,11-12H2,2H3,(H,21,22). The molecule has 0 saturated carbocycles. The Morgan fingerprint density at radius 2 is 1.86 bits per heavy atom. The first-order chi connectivity index (χ1) is 10.7. The lowest BCUT2D eigenvalue weighted by atomic mass is 9.94. The van der Waals surface area contributed by atoms with Crippen LogP contribution in [0.2, 0.25) is 0 Å². The molecule has 0 fully saturated rings. The summed E-state index contributed by atoms with van der Waals surface area (Å²) in [4.78, 5) is 5.03. The van der Waals surface area contributed by atoms with E-state index in [1.165, 1.54) is 11.1 Å². The number of amidine groups is 1. The maximum absolute atomic E-state index is 5.03. The predicted molar refractivity (Wildman–Crippen MR) is 91.4 cm³/mol. The van der Waals surface area contributed by atoms with E-state index in [1.54, 1.807) is 0 Å². The Labute approximate surface area is 130 Å². The molecule has 1 spiro atoms. The summed E-state index contributed by atoms with van der Waals surface area (Å²) < 4.78 is 0. The summed E-state index contributed by atoms with van der Waals surface area (Å²) in [6.07, 6.45) is 1.84. The van der Waals surface area contributed by atoms with E-state index in [0.29, 0.717) is 0 Å². The molecular weight excluding hydrogens is 270 g/mol. The molecule has 22 heavy (non-hydrogen) atoms. The molecule has 0 amide bonds. The first-order valence-corrected chi connectivity index (χ1v) is 7.61. The lowest BCUT2D eigenvalue weighted by molar-refractivity contribution is 0.542. The second-order valence-electron chi connectivity index (χ2n) is 6.05. The van der Waals surface area contributed by atoms with Crippen LogP contribution in [0.1, 0.15) is 16.7 Å². The molecule has 2 aromatic carbocycles. The number of hydrogen-bond donors (Lipinski definition) is 2. The van der Waals surface area contributed by atoms with Crippen LogP contribution in [0.4, 0.5) is 5.69 Å². The largest absolute Gasteiger partial charge is 0.388 e.